The van der Waals surface area contributed by atoms with Crippen molar-refractivity contribution in [3.8, 4) is 0 Å². The van der Waals surface area contributed by atoms with Gasteiger partial charge in [-0.05, 0) is 18.9 Å². The number of hydrogen-bond acceptors (Lipinski definition) is 8. The third-order valence-electron chi connectivity index (χ3n) is 4.28. The standard InChI is InChI=1S/C16H25N4O5P/c1-11-8-12(9-24-26(22-2)23-7-3-6-21)25-16(11)20-5-4-13-14(17)18-10-19-15(13)20/h4-5,10-12,16,21H,3,6-9H2,1-2H3,(H2,17,18,19). The van der Waals surface area contributed by atoms with Crippen LogP contribution in [0.2, 0.25) is 0 Å². The number of anilines is 1. The molecule has 1 aliphatic heterocycles. The average Bonchev–Trinajstić information content (AvgIpc) is 3.22. The van der Waals surface area contributed by atoms with E-state index < -0.39 is 8.60 Å². The third kappa shape index (κ3) is 4.31. The van der Waals surface area contributed by atoms with E-state index in [-0.39, 0.29) is 18.9 Å². The van der Waals surface area contributed by atoms with Crippen molar-refractivity contribution >= 4 is 25.5 Å². The summed E-state index contributed by atoms with van der Waals surface area (Å²) < 4.78 is 24.5. The van der Waals surface area contributed by atoms with Crippen molar-refractivity contribution < 1.29 is 23.4 Å². The molecule has 10 heteroatoms. The van der Waals surface area contributed by atoms with Crippen molar-refractivity contribution in [3.05, 3.63) is 18.6 Å². The Morgan fingerprint density at radius 3 is 3.04 bits per heavy atom. The van der Waals surface area contributed by atoms with Gasteiger partial charge in [0.15, 0.2) is 0 Å². The first kappa shape index (κ1) is 19.4. The number of fused-ring (bicyclic) bond motifs is 1. The lowest BCUT2D eigenvalue weighted by Crippen LogP contribution is -2.16. The highest BCUT2D eigenvalue weighted by Crippen LogP contribution is 2.42. The van der Waals surface area contributed by atoms with Crippen LogP contribution in [0.5, 0.6) is 0 Å². The zero-order valence-electron chi connectivity index (χ0n) is 14.9. The van der Waals surface area contributed by atoms with E-state index in [1.807, 2.05) is 16.8 Å². The fraction of sp³-hybridized carbons (Fsp3) is 0.625. The molecule has 26 heavy (non-hydrogen) atoms. The van der Waals surface area contributed by atoms with Gasteiger partial charge in [-0.3, -0.25) is 0 Å². The quantitative estimate of drug-likeness (QED) is 0.500. The first-order valence-corrected chi connectivity index (χ1v) is 9.67. The monoisotopic (exact) mass is 384 g/mol. The largest absolute Gasteiger partial charge is 0.396 e. The lowest BCUT2D eigenvalue weighted by Gasteiger charge is -2.19. The van der Waals surface area contributed by atoms with Crippen LogP contribution in [0.1, 0.15) is 26.0 Å². The molecule has 0 spiro atoms. The van der Waals surface area contributed by atoms with Crippen LogP contribution in [0.3, 0.4) is 0 Å². The highest BCUT2D eigenvalue weighted by Gasteiger charge is 2.35. The minimum absolute atomic E-state index is 0.0618. The van der Waals surface area contributed by atoms with E-state index in [2.05, 4.69) is 16.9 Å². The molecule has 4 atom stereocenters. The van der Waals surface area contributed by atoms with Gasteiger partial charge in [0.2, 0.25) is 0 Å². The van der Waals surface area contributed by atoms with Gasteiger partial charge in [0.25, 0.3) is 0 Å². The van der Waals surface area contributed by atoms with Gasteiger partial charge in [-0.2, -0.15) is 0 Å². The van der Waals surface area contributed by atoms with Crippen LogP contribution in [0.15, 0.2) is 18.6 Å². The van der Waals surface area contributed by atoms with Crippen molar-refractivity contribution in [3.63, 3.8) is 0 Å². The van der Waals surface area contributed by atoms with Gasteiger partial charge < -0.3 is 33.7 Å². The number of nitrogens with two attached hydrogens (primary N) is 1. The molecular formula is C16H25N4O5P. The van der Waals surface area contributed by atoms with Crippen molar-refractivity contribution in [1.82, 2.24) is 14.5 Å². The number of hydrogen-bond donors (Lipinski definition) is 2. The van der Waals surface area contributed by atoms with Gasteiger partial charge in [-0.15, -0.1) is 0 Å². The van der Waals surface area contributed by atoms with Crippen molar-refractivity contribution in [2.75, 3.05) is 32.7 Å². The fourth-order valence-corrected chi connectivity index (χ4v) is 3.90. The summed E-state index contributed by atoms with van der Waals surface area (Å²) in [5.41, 5.74) is 6.68. The predicted molar refractivity (Wildman–Crippen MR) is 97.2 cm³/mol. The van der Waals surface area contributed by atoms with Gasteiger partial charge in [0, 0.05) is 25.8 Å². The van der Waals surface area contributed by atoms with Crippen LogP contribution >= 0.6 is 8.60 Å². The number of nitrogens with zero attached hydrogens (tertiary/aromatic N) is 3. The van der Waals surface area contributed by atoms with Crippen LogP contribution in [0.4, 0.5) is 5.82 Å². The fourth-order valence-electron chi connectivity index (χ4n) is 3.05. The molecule has 1 saturated heterocycles. The van der Waals surface area contributed by atoms with Gasteiger partial charge in [-0.25, -0.2) is 9.97 Å². The highest BCUT2D eigenvalue weighted by molar-refractivity contribution is 7.41. The Kier molecular flexibility index (Phi) is 6.74. The van der Waals surface area contributed by atoms with Crippen molar-refractivity contribution in [1.29, 1.82) is 0 Å². The molecule has 0 aliphatic carbocycles. The number of aliphatic hydroxyl groups excluding tert-OH is 1. The molecule has 0 saturated carbocycles. The molecule has 1 aliphatic rings. The first-order chi connectivity index (χ1) is 12.6. The maximum absolute atomic E-state index is 8.80. The molecule has 0 aromatic carbocycles. The van der Waals surface area contributed by atoms with E-state index in [0.717, 1.165) is 17.5 Å². The molecule has 2 aromatic heterocycles. The normalized spacial score (nSPS) is 24.3. The maximum Gasteiger partial charge on any atom is 0.332 e. The first-order valence-electron chi connectivity index (χ1n) is 8.57. The lowest BCUT2D eigenvalue weighted by molar-refractivity contribution is -0.0278. The summed E-state index contributed by atoms with van der Waals surface area (Å²) in [4.78, 5) is 8.36. The molecule has 0 radical (unpaired) electrons. The van der Waals surface area contributed by atoms with Gasteiger partial charge in [-0.1, -0.05) is 6.92 Å². The smallest absolute Gasteiger partial charge is 0.332 e. The van der Waals surface area contributed by atoms with Gasteiger partial charge >= 0.3 is 8.60 Å². The van der Waals surface area contributed by atoms with Crippen LogP contribution in [-0.4, -0.2) is 52.7 Å². The SMILES string of the molecule is COP(OCCCO)OCC1CC(C)C(n2ccc3c(N)ncnc32)O1. The Labute approximate surface area is 153 Å². The summed E-state index contributed by atoms with van der Waals surface area (Å²) in [6.07, 6.45) is 4.60. The zero-order chi connectivity index (χ0) is 18.5. The molecule has 2 aromatic rings. The minimum Gasteiger partial charge on any atom is -0.396 e. The summed E-state index contributed by atoms with van der Waals surface area (Å²) in [6.45, 7) is 3.00. The van der Waals surface area contributed by atoms with E-state index >= 15 is 0 Å². The van der Waals surface area contributed by atoms with E-state index in [0.29, 0.717) is 31.4 Å². The maximum atomic E-state index is 8.80. The summed E-state index contributed by atoms with van der Waals surface area (Å²) in [5, 5.41) is 9.62. The van der Waals surface area contributed by atoms with E-state index in [9.17, 15) is 0 Å². The second-order valence-electron chi connectivity index (χ2n) is 6.19. The Bertz CT molecular complexity index is 715. The molecule has 0 amide bonds. The van der Waals surface area contributed by atoms with Gasteiger partial charge in [0.1, 0.15) is 24.0 Å². The molecule has 3 heterocycles. The third-order valence-corrected chi connectivity index (χ3v) is 5.33. The van der Waals surface area contributed by atoms with E-state index in [1.165, 1.54) is 6.33 Å². The zero-order valence-corrected chi connectivity index (χ0v) is 15.8. The van der Waals surface area contributed by atoms with Crippen molar-refractivity contribution in [2.45, 2.75) is 32.1 Å². The highest BCUT2D eigenvalue weighted by atomic mass is 31.2. The summed E-state index contributed by atoms with van der Waals surface area (Å²) in [5.74, 6) is 0.754. The summed E-state index contributed by atoms with van der Waals surface area (Å²) in [6, 6.07) is 1.91. The average molecular weight is 384 g/mol. The molecule has 144 valence electrons. The van der Waals surface area contributed by atoms with Gasteiger partial charge in [0.05, 0.1) is 24.7 Å². The number of aliphatic hydroxyl groups is 1. The Balaban J connectivity index is 1.59. The molecule has 1 fully saturated rings. The Hall–Kier alpha value is -1.35. The molecule has 9 nitrogen and oxygen atoms in total. The topological polar surface area (TPSA) is 114 Å². The number of ether oxygens (including phenoxy) is 1. The number of nitrogen functional groups attached to an aromatic ring is 1. The Morgan fingerprint density at radius 1 is 1.42 bits per heavy atom. The minimum atomic E-state index is -1.43. The van der Waals surface area contributed by atoms with E-state index in [1.54, 1.807) is 7.11 Å². The number of rotatable bonds is 9. The predicted octanol–water partition coefficient (Wildman–Crippen LogP) is 2.23. The van der Waals surface area contributed by atoms with E-state index in [4.69, 9.17) is 29.1 Å². The van der Waals surface area contributed by atoms with Crippen LogP contribution in [-0.2, 0) is 18.3 Å². The molecule has 4 unspecified atom stereocenters. The molecular weight excluding hydrogens is 359 g/mol. The second-order valence-corrected chi connectivity index (χ2v) is 7.52. The summed E-state index contributed by atoms with van der Waals surface area (Å²) in [7, 11) is 0.116. The summed E-state index contributed by atoms with van der Waals surface area (Å²) >= 11 is 0. The Morgan fingerprint density at radius 2 is 2.27 bits per heavy atom. The second kappa shape index (κ2) is 9.03. The van der Waals surface area contributed by atoms with Crippen LogP contribution < -0.4 is 5.73 Å². The van der Waals surface area contributed by atoms with Crippen molar-refractivity contribution in [2.24, 2.45) is 5.92 Å². The molecule has 0 bridgehead atoms. The lowest BCUT2D eigenvalue weighted by atomic mass is 10.1. The van der Waals surface area contributed by atoms with Crippen LogP contribution in [0.25, 0.3) is 11.0 Å². The number of aromatic nitrogens is 3. The molecule has 3 rings (SSSR count). The van der Waals surface area contributed by atoms with Crippen LogP contribution in [0, 0.1) is 5.92 Å². The molecule has 3 N–H and O–H groups in total.